The topological polar surface area (TPSA) is 97.1 Å². The number of likely N-dealkylation sites (tertiary alicyclic amines) is 1. The van der Waals surface area contributed by atoms with Gasteiger partial charge in [-0.15, -0.1) is 0 Å². The standard InChI is InChI=1S/C22H22N2O6/c1-14-4-2-8-23(11-14)19(25)13-30-22(28)15-6-7-17-18(10-15)21(27)24(20(17)26)12-16-5-3-9-29-16/h3,5-7,9-10,14H,2,4,8,11-13H2,1H3/t14-/m1/s1. The van der Waals surface area contributed by atoms with Crippen molar-refractivity contribution in [3.63, 3.8) is 0 Å². The van der Waals surface area contributed by atoms with Crippen molar-refractivity contribution < 1.29 is 28.3 Å². The minimum absolute atomic E-state index is 0.0158. The highest BCUT2D eigenvalue weighted by molar-refractivity contribution is 6.21. The number of hydrogen-bond acceptors (Lipinski definition) is 6. The van der Waals surface area contributed by atoms with Crippen molar-refractivity contribution in [2.75, 3.05) is 19.7 Å². The summed E-state index contributed by atoms with van der Waals surface area (Å²) in [6.45, 7) is 3.09. The molecule has 0 unspecified atom stereocenters. The fraction of sp³-hybridized carbons (Fsp3) is 0.364. The van der Waals surface area contributed by atoms with Crippen molar-refractivity contribution >= 4 is 23.7 Å². The molecule has 1 fully saturated rings. The quantitative estimate of drug-likeness (QED) is 0.555. The van der Waals surface area contributed by atoms with Gasteiger partial charge < -0.3 is 14.1 Å². The zero-order valence-corrected chi connectivity index (χ0v) is 16.6. The van der Waals surface area contributed by atoms with Gasteiger partial charge in [0.25, 0.3) is 17.7 Å². The number of imide groups is 1. The maximum Gasteiger partial charge on any atom is 0.338 e. The van der Waals surface area contributed by atoms with E-state index in [1.54, 1.807) is 17.0 Å². The molecule has 0 aliphatic carbocycles. The Morgan fingerprint density at radius 3 is 2.70 bits per heavy atom. The number of furan rings is 1. The van der Waals surface area contributed by atoms with Gasteiger partial charge in [-0.25, -0.2) is 4.79 Å². The van der Waals surface area contributed by atoms with Gasteiger partial charge in [0, 0.05) is 13.1 Å². The van der Waals surface area contributed by atoms with Crippen LogP contribution in [0, 0.1) is 5.92 Å². The number of rotatable bonds is 5. The Bertz CT molecular complexity index is 997. The number of nitrogens with zero attached hydrogens (tertiary/aromatic N) is 2. The molecule has 3 amide bonds. The maximum atomic E-state index is 12.7. The molecule has 8 nitrogen and oxygen atoms in total. The lowest BCUT2D eigenvalue weighted by Gasteiger charge is -2.30. The number of piperidine rings is 1. The number of ether oxygens (including phenoxy) is 1. The molecule has 2 aliphatic heterocycles. The molecule has 4 rings (SSSR count). The van der Waals surface area contributed by atoms with Crippen LogP contribution in [0.15, 0.2) is 41.0 Å². The minimum Gasteiger partial charge on any atom is -0.467 e. The van der Waals surface area contributed by atoms with Crippen molar-refractivity contribution in [3.05, 3.63) is 59.0 Å². The minimum atomic E-state index is -0.707. The second-order valence-electron chi connectivity index (χ2n) is 7.70. The molecule has 1 aromatic heterocycles. The van der Waals surface area contributed by atoms with Gasteiger partial charge in [0.15, 0.2) is 6.61 Å². The summed E-state index contributed by atoms with van der Waals surface area (Å²) in [6.07, 6.45) is 3.49. The highest BCUT2D eigenvalue weighted by Gasteiger charge is 2.36. The average molecular weight is 410 g/mol. The molecule has 30 heavy (non-hydrogen) atoms. The van der Waals surface area contributed by atoms with Crippen LogP contribution in [0.4, 0.5) is 0 Å². The van der Waals surface area contributed by atoms with Crippen LogP contribution in [-0.2, 0) is 16.1 Å². The second kappa shape index (κ2) is 8.14. The summed E-state index contributed by atoms with van der Waals surface area (Å²) in [5, 5.41) is 0. The molecule has 0 bridgehead atoms. The molecule has 3 heterocycles. The van der Waals surface area contributed by atoms with Gasteiger partial charge in [0.05, 0.1) is 29.5 Å². The third-order valence-corrected chi connectivity index (χ3v) is 5.44. The van der Waals surface area contributed by atoms with Crippen molar-refractivity contribution in [1.82, 2.24) is 9.80 Å². The van der Waals surface area contributed by atoms with Crippen LogP contribution < -0.4 is 0 Å². The molecule has 0 spiro atoms. The van der Waals surface area contributed by atoms with E-state index in [0.717, 1.165) is 17.7 Å². The third-order valence-electron chi connectivity index (χ3n) is 5.44. The largest absolute Gasteiger partial charge is 0.467 e. The van der Waals surface area contributed by atoms with E-state index in [-0.39, 0.29) is 35.7 Å². The summed E-state index contributed by atoms with van der Waals surface area (Å²) in [7, 11) is 0. The fourth-order valence-electron chi connectivity index (χ4n) is 3.84. The Hall–Kier alpha value is -3.42. The molecule has 0 N–H and O–H groups in total. The van der Waals surface area contributed by atoms with Gasteiger partial charge in [-0.2, -0.15) is 0 Å². The molecule has 8 heteroatoms. The van der Waals surface area contributed by atoms with E-state index in [0.29, 0.717) is 24.8 Å². The number of carbonyl (C=O) groups excluding carboxylic acids is 4. The van der Waals surface area contributed by atoms with E-state index in [2.05, 4.69) is 6.92 Å². The van der Waals surface area contributed by atoms with Crippen LogP contribution in [-0.4, -0.2) is 53.2 Å². The first kappa shape index (κ1) is 19.9. The normalized spacial score (nSPS) is 18.5. The van der Waals surface area contributed by atoms with E-state index in [4.69, 9.17) is 9.15 Å². The Balaban J connectivity index is 1.41. The molecule has 156 valence electrons. The van der Waals surface area contributed by atoms with E-state index in [9.17, 15) is 19.2 Å². The average Bonchev–Trinajstić information content (AvgIpc) is 3.34. The van der Waals surface area contributed by atoms with Gasteiger partial charge in [-0.1, -0.05) is 6.92 Å². The number of amides is 3. The van der Waals surface area contributed by atoms with Crippen LogP contribution >= 0.6 is 0 Å². The summed E-state index contributed by atoms with van der Waals surface area (Å²) in [5.41, 5.74) is 0.480. The van der Waals surface area contributed by atoms with Gasteiger partial charge >= 0.3 is 5.97 Å². The fourth-order valence-corrected chi connectivity index (χ4v) is 3.84. The molecule has 1 saturated heterocycles. The van der Waals surface area contributed by atoms with Crippen LogP contribution in [0.1, 0.15) is 56.6 Å². The first-order valence-electron chi connectivity index (χ1n) is 9.91. The van der Waals surface area contributed by atoms with Crippen LogP contribution in [0.25, 0.3) is 0 Å². The van der Waals surface area contributed by atoms with Crippen molar-refractivity contribution in [2.24, 2.45) is 5.92 Å². The van der Waals surface area contributed by atoms with Crippen molar-refractivity contribution in [1.29, 1.82) is 0 Å². The number of benzene rings is 1. The first-order valence-corrected chi connectivity index (χ1v) is 9.91. The second-order valence-corrected chi connectivity index (χ2v) is 7.70. The smallest absolute Gasteiger partial charge is 0.338 e. The molecule has 2 aliphatic rings. The first-order chi connectivity index (χ1) is 14.4. The molecule has 2 aromatic rings. The Morgan fingerprint density at radius 1 is 1.17 bits per heavy atom. The molecule has 1 aromatic carbocycles. The monoisotopic (exact) mass is 410 g/mol. The molecule has 0 radical (unpaired) electrons. The number of fused-ring (bicyclic) bond motifs is 1. The molecular formula is C22H22N2O6. The van der Waals surface area contributed by atoms with Gasteiger partial charge in [-0.3, -0.25) is 19.3 Å². The number of esters is 1. The van der Waals surface area contributed by atoms with Crippen molar-refractivity contribution in [3.8, 4) is 0 Å². The van der Waals surface area contributed by atoms with Crippen LogP contribution in [0.5, 0.6) is 0 Å². The molecule has 1 atom stereocenters. The summed E-state index contributed by atoms with van der Waals surface area (Å²) in [5.74, 6) is -0.967. The highest BCUT2D eigenvalue weighted by Crippen LogP contribution is 2.26. The van der Waals surface area contributed by atoms with Crippen LogP contribution in [0.2, 0.25) is 0 Å². The van der Waals surface area contributed by atoms with Gasteiger partial charge in [-0.05, 0) is 49.1 Å². The van der Waals surface area contributed by atoms with Crippen LogP contribution in [0.3, 0.4) is 0 Å². The van der Waals surface area contributed by atoms with E-state index >= 15 is 0 Å². The molecular weight excluding hydrogens is 388 g/mol. The lowest BCUT2D eigenvalue weighted by molar-refractivity contribution is -0.136. The van der Waals surface area contributed by atoms with E-state index in [1.165, 1.54) is 24.5 Å². The summed E-state index contributed by atoms with van der Waals surface area (Å²) >= 11 is 0. The summed E-state index contributed by atoms with van der Waals surface area (Å²) in [4.78, 5) is 52.7. The summed E-state index contributed by atoms with van der Waals surface area (Å²) in [6, 6.07) is 7.55. The highest BCUT2D eigenvalue weighted by atomic mass is 16.5. The predicted molar refractivity (Wildman–Crippen MR) is 105 cm³/mol. The lowest BCUT2D eigenvalue weighted by atomic mass is 10.0. The number of hydrogen-bond donors (Lipinski definition) is 0. The molecule has 0 saturated carbocycles. The Kier molecular flexibility index (Phi) is 5.39. The summed E-state index contributed by atoms with van der Waals surface area (Å²) < 4.78 is 10.4. The zero-order chi connectivity index (χ0) is 21.3. The maximum absolute atomic E-state index is 12.7. The zero-order valence-electron chi connectivity index (χ0n) is 16.6. The lowest BCUT2D eigenvalue weighted by Crippen LogP contribution is -2.41. The Labute approximate surface area is 173 Å². The number of carbonyl (C=O) groups is 4. The van der Waals surface area contributed by atoms with E-state index in [1.807, 2.05) is 0 Å². The van der Waals surface area contributed by atoms with Gasteiger partial charge in [0.1, 0.15) is 5.76 Å². The third kappa shape index (κ3) is 3.85. The van der Waals surface area contributed by atoms with Crippen molar-refractivity contribution in [2.45, 2.75) is 26.3 Å². The SMILES string of the molecule is C[C@@H]1CCCN(C(=O)COC(=O)c2ccc3c(c2)C(=O)N(Cc2ccco2)C3=O)C1. The van der Waals surface area contributed by atoms with E-state index < -0.39 is 17.8 Å². The van der Waals surface area contributed by atoms with Gasteiger partial charge in [0.2, 0.25) is 0 Å². The Morgan fingerprint density at radius 2 is 1.97 bits per heavy atom. The predicted octanol–water partition coefficient (Wildman–Crippen LogP) is 2.49.